The Hall–Kier alpha value is -1.14. The van der Waals surface area contributed by atoms with E-state index < -0.39 is 30.5 Å². The molecular weight excluding hydrogens is 214 g/mol. The van der Waals surface area contributed by atoms with Crippen molar-refractivity contribution in [3.8, 4) is 0 Å². The SMILES string of the molecule is CC(=O)N[C@@H]1C[C@H](O)O[C@@H](C)[C@H]1OC(C)=O. The fourth-order valence-electron chi connectivity index (χ4n) is 1.83. The topological polar surface area (TPSA) is 84.9 Å². The molecule has 1 saturated heterocycles. The van der Waals surface area contributed by atoms with Crippen molar-refractivity contribution in [3.63, 3.8) is 0 Å². The Morgan fingerprint density at radius 1 is 1.44 bits per heavy atom. The molecule has 0 aromatic rings. The Morgan fingerprint density at radius 3 is 2.56 bits per heavy atom. The van der Waals surface area contributed by atoms with E-state index in [4.69, 9.17) is 9.47 Å². The summed E-state index contributed by atoms with van der Waals surface area (Å²) >= 11 is 0. The molecule has 6 nitrogen and oxygen atoms in total. The molecule has 1 fully saturated rings. The minimum absolute atomic E-state index is 0.210. The van der Waals surface area contributed by atoms with Gasteiger partial charge in [-0.25, -0.2) is 0 Å². The van der Waals surface area contributed by atoms with Crippen LogP contribution in [0.15, 0.2) is 0 Å². The van der Waals surface area contributed by atoms with Crippen molar-refractivity contribution < 1.29 is 24.2 Å². The number of hydrogen-bond donors (Lipinski definition) is 2. The third-order valence-corrected chi connectivity index (χ3v) is 2.38. The van der Waals surface area contributed by atoms with Gasteiger partial charge in [0.2, 0.25) is 5.91 Å². The van der Waals surface area contributed by atoms with Crippen LogP contribution < -0.4 is 5.32 Å². The summed E-state index contributed by atoms with van der Waals surface area (Å²) in [5, 5.41) is 12.0. The molecule has 0 aromatic heterocycles. The summed E-state index contributed by atoms with van der Waals surface area (Å²) in [7, 11) is 0. The second kappa shape index (κ2) is 5.27. The monoisotopic (exact) mass is 231 g/mol. The summed E-state index contributed by atoms with van der Waals surface area (Å²) in [5.74, 6) is -0.671. The van der Waals surface area contributed by atoms with Crippen LogP contribution in [0.2, 0.25) is 0 Å². The van der Waals surface area contributed by atoms with Gasteiger partial charge >= 0.3 is 5.97 Å². The zero-order valence-electron chi connectivity index (χ0n) is 9.60. The molecule has 1 aliphatic heterocycles. The van der Waals surface area contributed by atoms with Gasteiger partial charge in [-0.2, -0.15) is 0 Å². The standard InChI is InChI=1S/C10H17NO5/c1-5-10(16-7(3)13)8(11-6(2)12)4-9(14)15-5/h5,8-10,14H,4H2,1-3H3,(H,11,12)/t5-,8+,9+,10+/m0/s1. The van der Waals surface area contributed by atoms with E-state index in [-0.39, 0.29) is 12.3 Å². The van der Waals surface area contributed by atoms with Gasteiger partial charge in [0.05, 0.1) is 12.1 Å². The maximum Gasteiger partial charge on any atom is 0.303 e. The van der Waals surface area contributed by atoms with Crippen LogP contribution in [0.1, 0.15) is 27.2 Å². The summed E-state index contributed by atoms with van der Waals surface area (Å²) < 4.78 is 10.2. The number of carbonyl (C=O) groups excluding carboxylic acids is 2. The van der Waals surface area contributed by atoms with E-state index >= 15 is 0 Å². The number of aliphatic hydroxyl groups excluding tert-OH is 1. The molecule has 1 aliphatic rings. The predicted octanol–water partition coefficient (Wildman–Crippen LogP) is -0.450. The molecule has 0 radical (unpaired) electrons. The first-order valence-corrected chi connectivity index (χ1v) is 5.18. The van der Waals surface area contributed by atoms with Crippen molar-refractivity contribution in [2.24, 2.45) is 0 Å². The van der Waals surface area contributed by atoms with Crippen LogP contribution in [0, 0.1) is 0 Å². The Balaban J connectivity index is 2.71. The van der Waals surface area contributed by atoms with Gasteiger partial charge in [-0.05, 0) is 6.92 Å². The van der Waals surface area contributed by atoms with Crippen LogP contribution in [-0.4, -0.2) is 41.5 Å². The molecule has 0 aromatic carbocycles. The lowest BCUT2D eigenvalue weighted by molar-refractivity contribution is -0.214. The van der Waals surface area contributed by atoms with Crippen molar-refractivity contribution in [1.82, 2.24) is 5.32 Å². The maximum absolute atomic E-state index is 11.0. The highest BCUT2D eigenvalue weighted by Gasteiger charge is 2.38. The second-order valence-electron chi connectivity index (χ2n) is 3.91. The van der Waals surface area contributed by atoms with Crippen LogP contribution in [0.25, 0.3) is 0 Å². The number of rotatable bonds is 2. The van der Waals surface area contributed by atoms with Gasteiger partial charge in [0.25, 0.3) is 0 Å². The third kappa shape index (κ3) is 3.46. The first-order valence-electron chi connectivity index (χ1n) is 5.18. The summed E-state index contributed by atoms with van der Waals surface area (Å²) in [4.78, 5) is 21.9. The molecule has 1 rings (SSSR count). The molecule has 2 N–H and O–H groups in total. The van der Waals surface area contributed by atoms with E-state index in [2.05, 4.69) is 5.32 Å². The van der Waals surface area contributed by atoms with Crippen molar-refractivity contribution in [3.05, 3.63) is 0 Å². The minimum Gasteiger partial charge on any atom is -0.458 e. The number of hydrogen-bond acceptors (Lipinski definition) is 5. The van der Waals surface area contributed by atoms with Crippen LogP contribution in [0.4, 0.5) is 0 Å². The zero-order valence-corrected chi connectivity index (χ0v) is 9.60. The van der Waals surface area contributed by atoms with Gasteiger partial charge < -0.3 is 19.9 Å². The zero-order chi connectivity index (χ0) is 12.3. The molecule has 92 valence electrons. The van der Waals surface area contributed by atoms with Gasteiger partial charge in [0.1, 0.15) is 6.10 Å². The molecule has 0 unspecified atom stereocenters. The molecule has 6 heteroatoms. The molecule has 0 saturated carbocycles. The van der Waals surface area contributed by atoms with Gasteiger partial charge in [0, 0.05) is 20.3 Å². The molecule has 1 amide bonds. The highest BCUT2D eigenvalue weighted by molar-refractivity contribution is 5.73. The van der Waals surface area contributed by atoms with Crippen molar-refractivity contribution in [2.75, 3.05) is 0 Å². The summed E-state index contributed by atoms with van der Waals surface area (Å²) in [6.07, 6.45) is -1.75. The van der Waals surface area contributed by atoms with E-state index in [1.54, 1.807) is 6.92 Å². The lowest BCUT2D eigenvalue weighted by Gasteiger charge is -2.38. The van der Waals surface area contributed by atoms with Gasteiger partial charge in [-0.1, -0.05) is 0 Å². The van der Waals surface area contributed by atoms with Crippen molar-refractivity contribution >= 4 is 11.9 Å². The average Bonchev–Trinajstić information content (AvgIpc) is 2.09. The first-order chi connectivity index (χ1) is 7.40. The highest BCUT2D eigenvalue weighted by atomic mass is 16.6. The average molecular weight is 231 g/mol. The van der Waals surface area contributed by atoms with E-state index in [0.29, 0.717) is 0 Å². The van der Waals surface area contributed by atoms with E-state index in [1.807, 2.05) is 0 Å². The number of amides is 1. The van der Waals surface area contributed by atoms with Crippen LogP contribution >= 0.6 is 0 Å². The number of ether oxygens (including phenoxy) is 2. The van der Waals surface area contributed by atoms with E-state index in [9.17, 15) is 14.7 Å². The fraction of sp³-hybridized carbons (Fsp3) is 0.800. The molecule has 4 atom stereocenters. The van der Waals surface area contributed by atoms with Crippen LogP contribution in [0.3, 0.4) is 0 Å². The fourth-order valence-corrected chi connectivity index (χ4v) is 1.83. The lowest BCUT2D eigenvalue weighted by Crippen LogP contribution is -2.56. The van der Waals surface area contributed by atoms with Gasteiger partial charge in [-0.3, -0.25) is 9.59 Å². The van der Waals surface area contributed by atoms with Crippen molar-refractivity contribution in [2.45, 2.75) is 51.7 Å². The summed E-state index contributed by atoms with van der Waals surface area (Å²) in [6, 6.07) is -0.417. The summed E-state index contributed by atoms with van der Waals surface area (Å²) in [5.41, 5.74) is 0. The van der Waals surface area contributed by atoms with Gasteiger partial charge in [-0.15, -0.1) is 0 Å². The Kier molecular flexibility index (Phi) is 4.26. The normalized spacial score (nSPS) is 34.2. The molecule has 0 aliphatic carbocycles. The Labute approximate surface area is 93.9 Å². The minimum atomic E-state index is -0.946. The molecule has 0 bridgehead atoms. The third-order valence-electron chi connectivity index (χ3n) is 2.38. The number of carbonyl (C=O) groups is 2. The maximum atomic E-state index is 11.0. The first kappa shape index (κ1) is 12.9. The number of nitrogens with one attached hydrogen (secondary N) is 1. The molecule has 0 spiro atoms. The van der Waals surface area contributed by atoms with Crippen molar-refractivity contribution in [1.29, 1.82) is 0 Å². The molecular formula is C10H17NO5. The van der Waals surface area contributed by atoms with Crippen LogP contribution in [0.5, 0.6) is 0 Å². The largest absolute Gasteiger partial charge is 0.458 e. The Morgan fingerprint density at radius 2 is 2.06 bits per heavy atom. The lowest BCUT2D eigenvalue weighted by atomic mass is 9.99. The smallest absolute Gasteiger partial charge is 0.303 e. The molecule has 1 heterocycles. The van der Waals surface area contributed by atoms with Crippen LogP contribution in [-0.2, 0) is 19.1 Å². The number of aliphatic hydroxyl groups is 1. The van der Waals surface area contributed by atoms with E-state index in [1.165, 1.54) is 13.8 Å². The van der Waals surface area contributed by atoms with Gasteiger partial charge in [0.15, 0.2) is 6.29 Å². The Bertz CT molecular complexity index is 280. The second-order valence-corrected chi connectivity index (χ2v) is 3.91. The predicted molar refractivity (Wildman–Crippen MR) is 54.3 cm³/mol. The number of esters is 1. The highest BCUT2D eigenvalue weighted by Crippen LogP contribution is 2.21. The van der Waals surface area contributed by atoms with E-state index in [0.717, 1.165) is 0 Å². The quantitative estimate of drug-likeness (QED) is 0.629. The molecule has 16 heavy (non-hydrogen) atoms. The summed E-state index contributed by atoms with van der Waals surface area (Å²) in [6.45, 7) is 4.35.